The Bertz CT molecular complexity index is 505. The van der Waals surface area contributed by atoms with E-state index in [1.165, 1.54) is 11.3 Å². The predicted octanol–water partition coefficient (Wildman–Crippen LogP) is 3.88. The van der Waals surface area contributed by atoms with Gasteiger partial charge in [-0.25, -0.2) is 4.79 Å². The Morgan fingerprint density at radius 3 is 2.67 bits per heavy atom. The van der Waals surface area contributed by atoms with Crippen molar-refractivity contribution in [3.8, 4) is 11.1 Å². The smallest absolute Gasteiger partial charge is 0.345 e. The van der Waals surface area contributed by atoms with Crippen molar-refractivity contribution in [1.82, 2.24) is 0 Å². The molecule has 0 spiro atoms. The van der Waals surface area contributed by atoms with Crippen LogP contribution in [0.25, 0.3) is 11.1 Å². The number of aromatic carboxylic acids is 1. The fraction of sp³-hybridized carbons (Fsp3) is 0. The minimum Gasteiger partial charge on any atom is -0.477 e. The van der Waals surface area contributed by atoms with Crippen LogP contribution >= 0.6 is 27.3 Å². The van der Waals surface area contributed by atoms with E-state index < -0.39 is 5.97 Å². The van der Waals surface area contributed by atoms with E-state index in [-0.39, 0.29) is 0 Å². The quantitative estimate of drug-likeness (QED) is 0.908. The van der Waals surface area contributed by atoms with E-state index in [0.29, 0.717) is 4.88 Å². The van der Waals surface area contributed by atoms with Crippen LogP contribution in [0.5, 0.6) is 0 Å². The summed E-state index contributed by atoms with van der Waals surface area (Å²) >= 11 is 4.68. The molecule has 15 heavy (non-hydrogen) atoms. The monoisotopic (exact) mass is 282 g/mol. The van der Waals surface area contributed by atoms with Crippen molar-refractivity contribution in [2.45, 2.75) is 0 Å². The molecule has 0 atom stereocenters. The summed E-state index contributed by atoms with van der Waals surface area (Å²) < 4.78 is 0.972. The summed E-state index contributed by atoms with van der Waals surface area (Å²) in [5.41, 5.74) is 1.95. The van der Waals surface area contributed by atoms with Gasteiger partial charge in [-0.2, -0.15) is 0 Å². The molecule has 0 amide bonds. The molecule has 0 aliphatic heterocycles. The molecule has 2 aromatic rings. The molecule has 0 radical (unpaired) electrons. The molecule has 1 N–H and O–H groups in total. The SMILES string of the molecule is O=C(O)c1cc(-c2ccccc2Br)cs1. The van der Waals surface area contributed by atoms with Crippen molar-refractivity contribution in [2.75, 3.05) is 0 Å². The molecule has 0 saturated carbocycles. The summed E-state index contributed by atoms with van der Waals surface area (Å²) in [6, 6.07) is 9.44. The minimum absolute atomic E-state index is 0.362. The van der Waals surface area contributed by atoms with Gasteiger partial charge in [0.25, 0.3) is 0 Å². The van der Waals surface area contributed by atoms with Crippen LogP contribution in [0.1, 0.15) is 9.67 Å². The van der Waals surface area contributed by atoms with Gasteiger partial charge in [-0.15, -0.1) is 11.3 Å². The first-order valence-corrected chi connectivity index (χ1v) is 5.92. The molecule has 1 heterocycles. The molecule has 76 valence electrons. The maximum absolute atomic E-state index is 10.7. The number of hydrogen-bond donors (Lipinski definition) is 1. The van der Waals surface area contributed by atoms with Crippen molar-refractivity contribution >= 4 is 33.2 Å². The molecule has 0 aliphatic carbocycles. The molecular formula is C11H7BrO2S. The molecule has 0 bridgehead atoms. The lowest BCUT2D eigenvalue weighted by molar-refractivity contribution is 0.0702. The summed E-state index contributed by atoms with van der Waals surface area (Å²) in [7, 11) is 0. The van der Waals surface area contributed by atoms with Crippen LogP contribution in [0.15, 0.2) is 40.2 Å². The van der Waals surface area contributed by atoms with Gasteiger partial charge in [0.05, 0.1) is 0 Å². The highest BCUT2D eigenvalue weighted by Gasteiger charge is 2.09. The number of hydrogen-bond acceptors (Lipinski definition) is 2. The van der Waals surface area contributed by atoms with Gasteiger partial charge in [0, 0.05) is 4.47 Å². The molecular weight excluding hydrogens is 276 g/mol. The highest BCUT2D eigenvalue weighted by Crippen LogP contribution is 2.31. The lowest BCUT2D eigenvalue weighted by atomic mass is 10.1. The van der Waals surface area contributed by atoms with Gasteiger partial charge in [-0.3, -0.25) is 0 Å². The summed E-state index contributed by atoms with van der Waals surface area (Å²) in [5.74, 6) is -0.877. The van der Waals surface area contributed by atoms with E-state index in [4.69, 9.17) is 5.11 Å². The van der Waals surface area contributed by atoms with Gasteiger partial charge in [0.15, 0.2) is 0 Å². The molecule has 4 heteroatoms. The summed E-state index contributed by atoms with van der Waals surface area (Å²) in [6.45, 7) is 0. The van der Waals surface area contributed by atoms with Crippen LogP contribution in [-0.4, -0.2) is 11.1 Å². The lowest BCUT2D eigenvalue weighted by Gasteiger charge is -1.99. The summed E-state index contributed by atoms with van der Waals surface area (Å²) in [5, 5.41) is 10.7. The van der Waals surface area contributed by atoms with E-state index in [1.54, 1.807) is 6.07 Å². The third kappa shape index (κ3) is 2.11. The van der Waals surface area contributed by atoms with Gasteiger partial charge >= 0.3 is 5.97 Å². The van der Waals surface area contributed by atoms with E-state index in [0.717, 1.165) is 15.6 Å². The Morgan fingerprint density at radius 2 is 2.07 bits per heavy atom. The first kappa shape index (κ1) is 10.4. The van der Waals surface area contributed by atoms with Crippen molar-refractivity contribution in [1.29, 1.82) is 0 Å². The molecule has 1 aromatic heterocycles. The number of carboxylic acids is 1. The average molecular weight is 283 g/mol. The van der Waals surface area contributed by atoms with Crippen LogP contribution < -0.4 is 0 Å². The van der Waals surface area contributed by atoms with Crippen LogP contribution in [0, 0.1) is 0 Å². The van der Waals surface area contributed by atoms with Gasteiger partial charge < -0.3 is 5.11 Å². The Labute approximate surface area is 99.3 Å². The van der Waals surface area contributed by atoms with Gasteiger partial charge in [-0.05, 0) is 28.6 Å². The average Bonchev–Trinajstić information content (AvgIpc) is 2.67. The normalized spacial score (nSPS) is 10.2. The van der Waals surface area contributed by atoms with E-state index in [1.807, 2.05) is 29.6 Å². The highest BCUT2D eigenvalue weighted by atomic mass is 79.9. The topological polar surface area (TPSA) is 37.3 Å². The maximum Gasteiger partial charge on any atom is 0.345 e. The fourth-order valence-corrected chi connectivity index (χ4v) is 2.54. The number of thiophene rings is 1. The third-order valence-corrected chi connectivity index (χ3v) is 3.60. The highest BCUT2D eigenvalue weighted by molar-refractivity contribution is 9.10. The number of halogens is 1. The molecule has 2 nitrogen and oxygen atoms in total. The van der Waals surface area contributed by atoms with Gasteiger partial charge in [0.2, 0.25) is 0 Å². The van der Waals surface area contributed by atoms with Gasteiger partial charge in [0.1, 0.15) is 4.88 Å². The van der Waals surface area contributed by atoms with Crippen molar-refractivity contribution in [2.24, 2.45) is 0 Å². The predicted molar refractivity (Wildman–Crippen MR) is 64.4 cm³/mol. The van der Waals surface area contributed by atoms with E-state index in [9.17, 15) is 4.79 Å². The van der Waals surface area contributed by atoms with Crippen LogP contribution in [0.4, 0.5) is 0 Å². The zero-order valence-electron chi connectivity index (χ0n) is 7.61. The van der Waals surface area contributed by atoms with Crippen molar-refractivity contribution in [3.05, 3.63) is 45.1 Å². The van der Waals surface area contributed by atoms with Gasteiger partial charge in [-0.1, -0.05) is 34.1 Å². The Balaban J connectivity index is 2.46. The molecule has 2 rings (SSSR count). The first-order chi connectivity index (χ1) is 7.18. The Morgan fingerprint density at radius 1 is 1.33 bits per heavy atom. The molecule has 0 unspecified atom stereocenters. The zero-order valence-corrected chi connectivity index (χ0v) is 10.0. The van der Waals surface area contributed by atoms with E-state index in [2.05, 4.69) is 15.9 Å². The number of benzene rings is 1. The molecule has 0 fully saturated rings. The fourth-order valence-electron chi connectivity index (χ4n) is 1.28. The zero-order chi connectivity index (χ0) is 10.8. The standard InChI is InChI=1S/C11H7BrO2S/c12-9-4-2-1-3-8(9)7-5-10(11(13)14)15-6-7/h1-6H,(H,13,14). The first-order valence-electron chi connectivity index (χ1n) is 4.25. The largest absolute Gasteiger partial charge is 0.477 e. The Hall–Kier alpha value is -1.13. The third-order valence-electron chi connectivity index (χ3n) is 2.00. The lowest BCUT2D eigenvalue weighted by Crippen LogP contribution is -1.90. The number of rotatable bonds is 2. The Kier molecular flexibility index (Phi) is 2.88. The van der Waals surface area contributed by atoms with E-state index >= 15 is 0 Å². The minimum atomic E-state index is -0.877. The second-order valence-corrected chi connectivity index (χ2v) is 4.75. The second kappa shape index (κ2) is 4.16. The molecule has 1 aromatic carbocycles. The number of carbonyl (C=O) groups is 1. The summed E-state index contributed by atoms with van der Waals surface area (Å²) in [4.78, 5) is 11.1. The van der Waals surface area contributed by atoms with Crippen LogP contribution in [0.3, 0.4) is 0 Å². The molecule has 0 saturated heterocycles. The molecule has 0 aliphatic rings. The van der Waals surface area contributed by atoms with Crippen LogP contribution in [0.2, 0.25) is 0 Å². The van der Waals surface area contributed by atoms with Crippen molar-refractivity contribution < 1.29 is 9.90 Å². The maximum atomic E-state index is 10.7. The second-order valence-electron chi connectivity index (χ2n) is 2.98. The van der Waals surface area contributed by atoms with Crippen molar-refractivity contribution in [3.63, 3.8) is 0 Å². The van der Waals surface area contributed by atoms with Crippen LogP contribution in [-0.2, 0) is 0 Å². The number of carboxylic acid groups (broad SMARTS) is 1. The summed E-state index contributed by atoms with van der Waals surface area (Å²) in [6.07, 6.45) is 0.